The van der Waals surface area contributed by atoms with Gasteiger partial charge in [0.1, 0.15) is 5.56 Å². The van der Waals surface area contributed by atoms with Crippen molar-refractivity contribution in [3.05, 3.63) is 41.7 Å². The minimum absolute atomic E-state index is 0.287. The van der Waals surface area contributed by atoms with Crippen molar-refractivity contribution in [1.82, 2.24) is 25.1 Å². The van der Waals surface area contributed by atoms with Crippen LogP contribution in [0.1, 0.15) is 29.9 Å². The number of carbonyl (C=O) groups is 1. The van der Waals surface area contributed by atoms with Crippen LogP contribution in [0, 0.1) is 0 Å². The van der Waals surface area contributed by atoms with E-state index in [1.54, 1.807) is 18.5 Å². The SMILES string of the molecule is CCOC(=O)c1cnn(-c2nc3ccccc3[nH]2)c1CNCC(C)O. The lowest BCUT2D eigenvalue weighted by atomic mass is 10.2. The first-order chi connectivity index (χ1) is 12.1. The lowest BCUT2D eigenvalue weighted by Crippen LogP contribution is -2.26. The highest BCUT2D eigenvalue weighted by Crippen LogP contribution is 2.18. The van der Waals surface area contributed by atoms with Gasteiger partial charge in [-0.05, 0) is 26.0 Å². The van der Waals surface area contributed by atoms with E-state index in [-0.39, 0.29) is 6.61 Å². The summed E-state index contributed by atoms with van der Waals surface area (Å²) in [5.41, 5.74) is 2.70. The molecule has 2 aromatic heterocycles. The smallest absolute Gasteiger partial charge is 0.341 e. The van der Waals surface area contributed by atoms with Gasteiger partial charge in [-0.25, -0.2) is 14.5 Å². The van der Waals surface area contributed by atoms with Crippen molar-refractivity contribution >= 4 is 17.0 Å². The molecule has 0 aliphatic heterocycles. The quantitative estimate of drug-likeness (QED) is 0.560. The molecule has 3 N–H and O–H groups in total. The van der Waals surface area contributed by atoms with Gasteiger partial charge in [-0.15, -0.1) is 0 Å². The molecule has 1 atom stereocenters. The van der Waals surface area contributed by atoms with Crippen LogP contribution in [0.2, 0.25) is 0 Å². The van der Waals surface area contributed by atoms with Crippen LogP contribution in [0.4, 0.5) is 0 Å². The average molecular weight is 343 g/mol. The van der Waals surface area contributed by atoms with E-state index in [0.717, 1.165) is 11.0 Å². The molecule has 0 fully saturated rings. The van der Waals surface area contributed by atoms with Crippen molar-refractivity contribution in [1.29, 1.82) is 0 Å². The summed E-state index contributed by atoms with van der Waals surface area (Å²) in [5.74, 6) is 0.0873. The van der Waals surface area contributed by atoms with Crippen LogP contribution in [-0.4, -0.2) is 50.1 Å². The number of esters is 1. The molecule has 0 aliphatic rings. The van der Waals surface area contributed by atoms with Gasteiger partial charge in [-0.3, -0.25) is 0 Å². The predicted octanol–water partition coefficient (Wildman–Crippen LogP) is 1.40. The van der Waals surface area contributed by atoms with Crippen LogP contribution < -0.4 is 5.32 Å². The van der Waals surface area contributed by atoms with Crippen molar-refractivity contribution in [2.75, 3.05) is 13.2 Å². The topological polar surface area (TPSA) is 105 Å². The number of aromatic nitrogens is 4. The molecule has 0 bridgehead atoms. The Morgan fingerprint density at radius 3 is 2.96 bits per heavy atom. The summed E-state index contributed by atoms with van der Waals surface area (Å²) in [6.45, 7) is 4.47. The second-order valence-electron chi connectivity index (χ2n) is 5.69. The fourth-order valence-corrected chi connectivity index (χ4v) is 2.54. The first kappa shape index (κ1) is 17.1. The standard InChI is InChI=1S/C17H21N5O3/c1-3-25-16(24)12-9-19-22(15(12)10-18-8-11(2)23)17-20-13-6-4-5-7-14(13)21-17/h4-7,9,11,18,23H,3,8,10H2,1-2H3,(H,20,21). The minimum atomic E-state index is -0.492. The zero-order valence-electron chi connectivity index (χ0n) is 14.2. The highest BCUT2D eigenvalue weighted by Gasteiger charge is 2.21. The monoisotopic (exact) mass is 343 g/mol. The van der Waals surface area contributed by atoms with E-state index < -0.39 is 12.1 Å². The number of benzene rings is 1. The van der Waals surface area contributed by atoms with Gasteiger partial charge >= 0.3 is 5.97 Å². The maximum Gasteiger partial charge on any atom is 0.341 e. The zero-order valence-corrected chi connectivity index (χ0v) is 14.2. The van der Waals surface area contributed by atoms with E-state index in [0.29, 0.717) is 30.3 Å². The number of ether oxygens (including phenoxy) is 1. The number of nitrogens with one attached hydrogen (secondary N) is 2. The Hall–Kier alpha value is -2.71. The van der Waals surface area contributed by atoms with Crippen LogP contribution >= 0.6 is 0 Å². The van der Waals surface area contributed by atoms with E-state index in [2.05, 4.69) is 20.4 Å². The Kier molecular flexibility index (Phi) is 5.11. The maximum absolute atomic E-state index is 12.2. The molecule has 0 radical (unpaired) electrons. The summed E-state index contributed by atoms with van der Waals surface area (Å²) in [6, 6.07) is 7.65. The number of H-pyrrole nitrogens is 1. The van der Waals surface area contributed by atoms with E-state index in [1.165, 1.54) is 6.20 Å². The van der Waals surface area contributed by atoms with Crippen molar-refractivity contribution < 1.29 is 14.6 Å². The third kappa shape index (κ3) is 3.70. The third-order valence-electron chi connectivity index (χ3n) is 3.67. The van der Waals surface area contributed by atoms with E-state index >= 15 is 0 Å². The number of para-hydroxylation sites is 2. The summed E-state index contributed by atoms with van der Waals surface area (Å²) >= 11 is 0. The lowest BCUT2D eigenvalue weighted by molar-refractivity contribution is 0.0525. The van der Waals surface area contributed by atoms with Gasteiger partial charge in [0, 0.05) is 13.1 Å². The largest absolute Gasteiger partial charge is 0.462 e. The van der Waals surface area contributed by atoms with Crippen molar-refractivity contribution in [3.63, 3.8) is 0 Å². The van der Waals surface area contributed by atoms with Gasteiger partial charge in [0.15, 0.2) is 0 Å². The number of hydrogen-bond donors (Lipinski definition) is 3. The second kappa shape index (κ2) is 7.45. The number of imidazole rings is 1. The molecule has 3 rings (SSSR count). The van der Waals surface area contributed by atoms with Crippen LogP contribution in [-0.2, 0) is 11.3 Å². The van der Waals surface area contributed by atoms with Crippen LogP contribution in [0.25, 0.3) is 17.0 Å². The molecular weight excluding hydrogens is 322 g/mol. The number of fused-ring (bicyclic) bond motifs is 1. The van der Waals surface area contributed by atoms with Crippen LogP contribution in [0.3, 0.4) is 0 Å². The van der Waals surface area contributed by atoms with Gasteiger partial charge in [0.2, 0.25) is 5.95 Å². The molecule has 1 aromatic carbocycles. The molecule has 0 saturated heterocycles. The van der Waals surface area contributed by atoms with Crippen molar-refractivity contribution in [2.24, 2.45) is 0 Å². The van der Waals surface area contributed by atoms with Gasteiger partial charge in [0.25, 0.3) is 0 Å². The Labute approximate surface area is 144 Å². The molecule has 1 unspecified atom stereocenters. The number of aliphatic hydroxyl groups excluding tert-OH is 1. The number of aromatic amines is 1. The van der Waals surface area contributed by atoms with Crippen molar-refractivity contribution in [2.45, 2.75) is 26.5 Å². The number of rotatable bonds is 7. The van der Waals surface area contributed by atoms with Gasteiger partial charge in [0.05, 0.1) is 35.6 Å². The predicted molar refractivity (Wildman–Crippen MR) is 92.6 cm³/mol. The number of aliphatic hydroxyl groups is 1. The molecular formula is C17H21N5O3. The molecule has 25 heavy (non-hydrogen) atoms. The summed E-state index contributed by atoms with van der Waals surface area (Å²) in [5, 5.41) is 16.8. The fraction of sp³-hybridized carbons (Fsp3) is 0.353. The molecule has 8 nitrogen and oxygen atoms in total. The Balaban J connectivity index is 1.98. The normalized spacial score (nSPS) is 12.4. The minimum Gasteiger partial charge on any atom is -0.462 e. The Morgan fingerprint density at radius 1 is 1.44 bits per heavy atom. The van der Waals surface area contributed by atoms with Crippen LogP contribution in [0.15, 0.2) is 30.5 Å². The van der Waals surface area contributed by atoms with Gasteiger partial charge in [-0.1, -0.05) is 12.1 Å². The first-order valence-electron chi connectivity index (χ1n) is 8.18. The van der Waals surface area contributed by atoms with Gasteiger partial charge < -0.3 is 20.1 Å². The second-order valence-corrected chi connectivity index (χ2v) is 5.69. The molecule has 8 heteroatoms. The summed E-state index contributed by atoms with van der Waals surface area (Å²) < 4.78 is 6.69. The molecule has 0 amide bonds. The molecule has 3 aromatic rings. The third-order valence-corrected chi connectivity index (χ3v) is 3.67. The molecule has 0 saturated carbocycles. The highest BCUT2D eigenvalue weighted by molar-refractivity contribution is 5.90. The number of carbonyl (C=O) groups excluding carboxylic acids is 1. The average Bonchev–Trinajstić information content (AvgIpc) is 3.18. The molecule has 132 valence electrons. The van der Waals surface area contributed by atoms with Crippen LogP contribution in [0.5, 0.6) is 0 Å². The molecule has 2 heterocycles. The first-order valence-corrected chi connectivity index (χ1v) is 8.18. The van der Waals surface area contributed by atoms with E-state index in [1.807, 2.05) is 24.3 Å². The molecule has 0 aliphatic carbocycles. The lowest BCUT2D eigenvalue weighted by Gasteiger charge is -2.10. The Morgan fingerprint density at radius 2 is 2.24 bits per heavy atom. The number of nitrogens with zero attached hydrogens (tertiary/aromatic N) is 3. The van der Waals surface area contributed by atoms with E-state index in [9.17, 15) is 9.90 Å². The van der Waals surface area contributed by atoms with Gasteiger partial charge in [-0.2, -0.15) is 5.10 Å². The van der Waals surface area contributed by atoms with Crippen molar-refractivity contribution in [3.8, 4) is 5.95 Å². The highest BCUT2D eigenvalue weighted by atomic mass is 16.5. The summed E-state index contributed by atoms with van der Waals surface area (Å²) in [4.78, 5) is 19.9. The molecule has 0 spiro atoms. The summed E-state index contributed by atoms with van der Waals surface area (Å²) in [6.07, 6.45) is 0.985. The van der Waals surface area contributed by atoms with E-state index in [4.69, 9.17) is 4.74 Å². The number of hydrogen-bond acceptors (Lipinski definition) is 6. The zero-order chi connectivity index (χ0) is 17.8. The fourth-order valence-electron chi connectivity index (χ4n) is 2.54. The maximum atomic E-state index is 12.2. The Bertz CT molecular complexity index is 835. The summed E-state index contributed by atoms with van der Waals surface area (Å²) in [7, 11) is 0.